The van der Waals surface area contributed by atoms with Crippen LogP contribution in [-0.2, 0) is 21.4 Å². The number of carbonyl (C=O) groups excluding carboxylic acids is 2. The molecule has 0 atom stereocenters. The lowest BCUT2D eigenvalue weighted by atomic mass is 9.91. The number of carbonyl (C=O) groups is 2. The zero-order chi connectivity index (χ0) is 24.2. The minimum atomic E-state index is -4.61. The predicted molar refractivity (Wildman–Crippen MR) is 118 cm³/mol. The molecule has 0 radical (unpaired) electrons. The van der Waals surface area contributed by atoms with E-state index in [0.29, 0.717) is 18.3 Å². The first-order valence-corrected chi connectivity index (χ1v) is 11.0. The second-order valence-electron chi connectivity index (χ2n) is 6.96. The number of nitrogens with zero attached hydrogens (tertiary/aromatic N) is 2. The monoisotopic (exact) mass is 481 g/mol. The molecule has 1 N–H and O–H groups in total. The number of amidine groups is 1. The lowest BCUT2D eigenvalue weighted by Gasteiger charge is -2.19. The highest BCUT2D eigenvalue weighted by Gasteiger charge is 2.33. The fourth-order valence-electron chi connectivity index (χ4n) is 3.39. The molecule has 0 saturated carbocycles. The Morgan fingerprint density at radius 3 is 2.58 bits per heavy atom. The van der Waals surface area contributed by atoms with Crippen molar-refractivity contribution < 1.29 is 32.2 Å². The number of methoxy groups -OCH3 is 1. The van der Waals surface area contributed by atoms with Gasteiger partial charge in [0.2, 0.25) is 0 Å². The number of alkyl halides is 3. The Morgan fingerprint density at radius 1 is 1.21 bits per heavy atom. The second kappa shape index (κ2) is 10.2. The van der Waals surface area contributed by atoms with Gasteiger partial charge in [-0.15, -0.1) is 0 Å². The maximum atomic E-state index is 13.4. The van der Waals surface area contributed by atoms with E-state index in [0.717, 1.165) is 19.2 Å². The molecule has 0 amide bonds. The highest BCUT2D eigenvalue weighted by atomic mass is 32.2. The van der Waals surface area contributed by atoms with Gasteiger partial charge in [0.1, 0.15) is 0 Å². The molecule has 0 unspecified atom stereocenters. The highest BCUT2D eigenvalue weighted by Crippen LogP contribution is 2.37. The maximum Gasteiger partial charge on any atom is 0.416 e. The van der Waals surface area contributed by atoms with Gasteiger partial charge in [0, 0.05) is 17.9 Å². The number of hydrogen-bond acceptors (Lipinski definition) is 8. The van der Waals surface area contributed by atoms with E-state index in [9.17, 15) is 22.8 Å². The fraction of sp³-hybridized carbons (Fsp3) is 0.364. The van der Waals surface area contributed by atoms with Crippen molar-refractivity contribution in [2.75, 3.05) is 26.8 Å². The van der Waals surface area contributed by atoms with E-state index < -0.39 is 23.7 Å². The molecule has 11 heteroatoms. The Labute approximate surface area is 192 Å². The van der Waals surface area contributed by atoms with Crippen LogP contribution in [0.4, 0.5) is 13.2 Å². The van der Waals surface area contributed by atoms with Crippen LogP contribution >= 0.6 is 11.8 Å². The predicted octanol–water partition coefficient (Wildman–Crippen LogP) is 4.23. The topological polar surface area (TPSA) is 89.9 Å². The van der Waals surface area contributed by atoms with Gasteiger partial charge in [0.05, 0.1) is 48.3 Å². The van der Waals surface area contributed by atoms with Crippen LogP contribution in [0.2, 0.25) is 0 Å². The molecule has 0 aliphatic carbocycles. The first kappa shape index (κ1) is 24.6. The van der Waals surface area contributed by atoms with Gasteiger partial charge in [0.15, 0.2) is 5.17 Å². The summed E-state index contributed by atoms with van der Waals surface area (Å²) in [6.45, 7) is 4.50. The van der Waals surface area contributed by atoms with Gasteiger partial charge in [-0.25, -0.2) is 9.59 Å². The molecule has 2 aromatic rings. The number of aromatic nitrogens is 1. The molecule has 3 rings (SSSR count). The van der Waals surface area contributed by atoms with Gasteiger partial charge in [-0.1, -0.05) is 23.9 Å². The van der Waals surface area contributed by atoms with Crippen LogP contribution < -0.4 is 5.32 Å². The number of esters is 2. The standard InChI is InChI=1S/C22H22F3N3O4S/c1-4-32-20(30)16-12(2)28-15(11-33-21-26-8-9-27-21)18(19(29)31-3)17(16)13-6-5-7-14(10-13)22(23,24)25/h5-7,10H,4,8-9,11H2,1-3H3,(H,26,27). The van der Waals surface area contributed by atoms with Crippen molar-refractivity contribution in [2.24, 2.45) is 4.99 Å². The van der Waals surface area contributed by atoms with Gasteiger partial charge >= 0.3 is 18.1 Å². The summed E-state index contributed by atoms with van der Waals surface area (Å²) in [6.07, 6.45) is -4.61. The van der Waals surface area contributed by atoms with E-state index in [4.69, 9.17) is 9.47 Å². The van der Waals surface area contributed by atoms with Crippen LogP contribution in [-0.4, -0.2) is 48.9 Å². The fourth-order valence-corrected chi connectivity index (χ4v) is 4.26. The first-order chi connectivity index (χ1) is 15.7. The van der Waals surface area contributed by atoms with Crippen LogP contribution in [0.3, 0.4) is 0 Å². The summed E-state index contributed by atoms with van der Waals surface area (Å²) in [5.41, 5.74) is -0.567. The van der Waals surface area contributed by atoms with Crippen molar-refractivity contribution in [3.8, 4) is 11.1 Å². The molecule has 0 spiro atoms. The van der Waals surface area contributed by atoms with Crippen LogP contribution in [0.1, 0.15) is 44.6 Å². The van der Waals surface area contributed by atoms with Crippen molar-refractivity contribution >= 4 is 28.9 Å². The number of aryl methyl sites for hydroxylation is 1. The average Bonchev–Trinajstić information content (AvgIpc) is 3.30. The quantitative estimate of drug-likeness (QED) is 0.618. The SMILES string of the molecule is CCOC(=O)c1c(C)nc(CSC2=NCCN2)c(C(=O)OC)c1-c1cccc(C(F)(F)F)c1. The molecule has 176 valence electrons. The smallest absolute Gasteiger partial charge is 0.416 e. The molecule has 0 fully saturated rings. The number of nitrogens with one attached hydrogen (secondary N) is 1. The molecule has 33 heavy (non-hydrogen) atoms. The molecule has 1 aromatic heterocycles. The minimum Gasteiger partial charge on any atom is -0.465 e. The van der Waals surface area contributed by atoms with E-state index >= 15 is 0 Å². The summed E-state index contributed by atoms with van der Waals surface area (Å²) < 4.78 is 50.3. The Morgan fingerprint density at radius 2 is 1.97 bits per heavy atom. The molecule has 0 bridgehead atoms. The normalized spacial score (nSPS) is 13.3. The van der Waals surface area contributed by atoms with Crippen LogP contribution in [0, 0.1) is 6.92 Å². The van der Waals surface area contributed by atoms with Crippen molar-refractivity contribution in [3.05, 3.63) is 52.3 Å². The zero-order valence-electron chi connectivity index (χ0n) is 18.2. The maximum absolute atomic E-state index is 13.4. The van der Waals surface area contributed by atoms with Crippen molar-refractivity contribution in [3.63, 3.8) is 0 Å². The summed E-state index contributed by atoms with van der Waals surface area (Å²) in [5, 5.41) is 3.76. The van der Waals surface area contributed by atoms with E-state index in [1.165, 1.54) is 23.9 Å². The average molecular weight is 481 g/mol. The van der Waals surface area contributed by atoms with Gasteiger partial charge in [-0.3, -0.25) is 9.98 Å². The molecule has 1 aliphatic rings. The Balaban J connectivity index is 2.28. The van der Waals surface area contributed by atoms with E-state index in [1.54, 1.807) is 13.8 Å². The summed E-state index contributed by atoms with van der Waals surface area (Å²) in [6, 6.07) is 4.43. The second-order valence-corrected chi connectivity index (χ2v) is 7.93. The number of pyridine rings is 1. The molecular weight excluding hydrogens is 459 g/mol. The first-order valence-electron chi connectivity index (χ1n) is 10.0. The van der Waals surface area contributed by atoms with Gasteiger partial charge < -0.3 is 14.8 Å². The number of halogens is 3. The van der Waals surface area contributed by atoms with Crippen molar-refractivity contribution in [1.82, 2.24) is 10.3 Å². The lowest BCUT2D eigenvalue weighted by molar-refractivity contribution is -0.137. The van der Waals surface area contributed by atoms with Crippen LogP contribution in [0.25, 0.3) is 11.1 Å². The molecule has 2 heterocycles. The number of hydrogen-bond donors (Lipinski definition) is 1. The van der Waals surface area contributed by atoms with Crippen LogP contribution in [0.15, 0.2) is 29.3 Å². The summed E-state index contributed by atoms with van der Waals surface area (Å²) in [4.78, 5) is 34.4. The summed E-state index contributed by atoms with van der Waals surface area (Å²) >= 11 is 1.30. The number of ether oxygens (including phenoxy) is 2. The van der Waals surface area contributed by atoms with E-state index in [2.05, 4.69) is 15.3 Å². The molecule has 1 aliphatic heterocycles. The van der Waals surface area contributed by atoms with Crippen molar-refractivity contribution in [1.29, 1.82) is 0 Å². The van der Waals surface area contributed by atoms with Crippen LogP contribution in [0.5, 0.6) is 0 Å². The van der Waals surface area contributed by atoms with Gasteiger partial charge in [-0.05, 0) is 31.5 Å². The largest absolute Gasteiger partial charge is 0.465 e. The number of thioether (sulfide) groups is 1. The number of rotatable bonds is 6. The van der Waals surface area contributed by atoms with Crippen molar-refractivity contribution in [2.45, 2.75) is 25.8 Å². The Bertz CT molecular complexity index is 1100. The summed E-state index contributed by atoms with van der Waals surface area (Å²) in [5.74, 6) is -1.43. The third-order valence-electron chi connectivity index (χ3n) is 4.79. The minimum absolute atomic E-state index is 0.00387. The lowest BCUT2D eigenvalue weighted by Crippen LogP contribution is -2.19. The van der Waals surface area contributed by atoms with E-state index in [-0.39, 0.29) is 46.0 Å². The Hall–Kier alpha value is -3.08. The molecule has 0 saturated heterocycles. The third kappa shape index (κ3) is 5.47. The zero-order valence-corrected chi connectivity index (χ0v) is 19.0. The molecule has 1 aromatic carbocycles. The number of benzene rings is 1. The highest BCUT2D eigenvalue weighted by molar-refractivity contribution is 8.13. The van der Waals surface area contributed by atoms with Gasteiger partial charge in [-0.2, -0.15) is 13.2 Å². The molecular formula is C22H22F3N3O4S. The van der Waals surface area contributed by atoms with E-state index in [1.807, 2.05) is 0 Å². The number of aliphatic imine (C=N–C) groups is 1. The summed E-state index contributed by atoms with van der Waals surface area (Å²) in [7, 11) is 1.15. The molecule has 7 nitrogen and oxygen atoms in total. The Kier molecular flexibility index (Phi) is 7.62. The van der Waals surface area contributed by atoms with Gasteiger partial charge in [0.25, 0.3) is 0 Å². The third-order valence-corrected chi connectivity index (χ3v) is 5.75.